The minimum atomic E-state index is -0.124. The first-order valence-corrected chi connectivity index (χ1v) is 5.89. The van der Waals surface area contributed by atoms with Gasteiger partial charge in [0.25, 0.3) is 0 Å². The van der Waals surface area contributed by atoms with Crippen LogP contribution in [0.2, 0.25) is 6.04 Å². The Morgan fingerprint density at radius 3 is 1.80 bits per heavy atom. The van der Waals surface area contributed by atoms with E-state index in [0.717, 1.165) is 12.8 Å². The predicted molar refractivity (Wildman–Crippen MR) is 48.4 cm³/mol. The molecule has 0 fully saturated rings. The molecule has 0 amide bonds. The van der Waals surface area contributed by atoms with E-state index >= 15 is 0 Å². The molecule has 0 N–H and O–H groups in total. The molecule has 10 heavy (non-hydrogen) atoms. The van der Waals surface area contributed by atoms with Crippen molar-refractivity contribution in [3.8, 4) is 0 Å². The summed E-state index contributed by atoms with van der Waals surface area (Å²) in [5, 5.41) is 0. The number of alkyl halides is 1. The maximum Gasteiger partial charge on any atom is 0.0894 e. The van der Waals surface area contributed by atoms with Gasteiger partial charge < -0.3 is 0 Å². The normalized spacial score (nSPS) is 10.5. The molecule has 0 aromatic carbocycles. The summed E-state index contributed by atoms with van der Waals surface area (Å²) in [6.45, 7) is -0.124. The third kappa shape index (κ3) is 8.15. The van der Waals surface area contributed by atoms with Gasteiger partial charge in [0, 0.05) is 10.2 Å². The van der Waals surface area contributed by atoms with Crippen molar-refractivity contribution in [1.29, 1.82) is 0 Å². The summed E-state index contributed by atoms with van der Waals surface area (Å²) < 4.78 is 11.6. The van der Waals surface area contributed by atoms with E-state index in [4.69, 9.17) is 0 Å². The Bertz CT molecular complexity index is 49.2. The lowest BCUT2D eigenvalue weighted by Gasteiger charge is -1.96. The number of hydrogen-bond acceptors (Lipinski definition) is 0. The molecule has 0 aromatic heterocycles. The van der Waals surface area contributed by atoms with Crippen molar-refractivity contribution in [3.63, 3.8) is 0 Å². The van der Waals surface area contributed by atoms with Crippen LogP contribution in [0.4, 0.5) is 4.39 Å². The lowest BCUT2D eigenvalue weighted by molar-refractivity contribution is 0.451. The van der Waals surface area contributed by atoms with Crippen molar-refractivity contribution < 1.29 is 4.39 Å². The first-order valence-electron chi connectivity index (χ1n) is 4.47. The highest BCUT2D eigenvalue weighted by Gasteiger charge is 1.88. The molecule has 0 radical (unpaired) electrons. The summed E-state index contributed by atoms with van der Waals surface area (Å²) in [6, 6.07) is 1.43. The molecule has 0 aromatic rings. The molecule has 0 rings (SSSR count). The second-order valence-electron chi connectivity index (χ2n) is 2.81. The van der Waals surface area contributed by atoms with Crippen molar-refractivity contribution in [3.05, 3.63) is 0 Å². The summed E-state index contributed by atoms with van der Waals surface area (Å²) >= 11 is 0. The lowest BCUT2D eigenvalue weighted by atomic mass is 10.1. The highest BCUT2D eigenvalue weighted by molar-refractivity contribution is 6.08. The van der Waals surface area contributed by atoms with Crippen LogP contribution in [-0.4, -0.2) is 16.9 Å². The van der Waals surface area contributed by atoms with Gasteiger partial charge in [-0.2, -0.15) is 0 Å². The monoisotopic (exact) mass is 162 g/mol. The number of hydrogen-bond donors (Lipinski definition) is 0. The molecule has 0 saturated heterocycles. The Hall–Kier alpha value is 0.147. The van der Waals surface area contributed by atoms with E-state index in [2.05, 4.69) is 0 Å². The topological polar surface area (TPSA) is 0 Å². The molecule has 0 unspecified atom stereocenters. The van der Waals surface area contributed by atoms with Crippen molar-refractivity contribution in [1.82, 2.24) is 0 Å². The van der Waals surface area contributed by atoms with E-state index in [-0.39, 0.29) is 6.67 Å². The zero-order chi connectivity index (χ0) is 7.66. The van der Waals surface area contributed by atoms with Crippen LogP contribution in [0.25, 0.3) is 0 Å². The Morgan fingerprint density at radius 2 is 1.30 bits per heavy atom. The maximum atomic E-state index is 11.6. The van der Waals surface area contributed by atoms with Gasteiger partial charge in [0.1, 0.15) is 0 Å². The average Bonchev–Trinajstić information content (AvgIpc) is 1.97. The largest absolute Gasteiger partial charge is 0.251 e. The van der Waals surface area contributed by atoms with E-state index in [1.807, 2.05) is 0 Å². The van der Waals surface area contributed by atoms with Crippen LogP contribution in [0.1, 0.15) is 38.5 Å². The van der Waals surface area contributed by atoms with Gasteiger partial charge in [-0.1, -0.05) is 38.1 Å². The van der Waals surface area contributed by atoms with Gasteiger partial charge in [0.05, 0.1) is 6.67 Å². The molecule has 0 atom stereocenters. The molecule has 0 nitrogen and oxygen atoms in total. The van der Waals surface area contributed by atoms with E-state index in [9.17, 15) is 4.39 Å². The molecule has 0 aliphatic heterocycles. The lowest BCUT2D eigenvalue weighted by Crippen LogP contribution is -1.80. The molecule has 0 spiro atoms. The standard InChI is InChI=1S/C8H19FSi/c9-7-5-3-1-2-4-6-8-10/h1-8H2,10H3. The Kier molecular flexibility index (Phi) is 9.28. The maximum absolute atomic E-state index is 11.6. The summed E-state index contributed by atoms with van der Waals surface area (Å²) in [5.74, 6) is 0. The Morgan fingerprint density at radius 1 is 0.800 bits per heavy atom. The molecule has 0 bridgehead atoms. The second kappa shape index (κ2) is 9.15. The molecule has 62 valence electrons. The Labute approximate surface area is 66.6 Å². The van der Waals surface area contributed by atoms with Gasteiger partial charge >= 0.3 is 0 Å². The van der Waals surface area contributed by atoms with Crippen LogP contribution in [0.5, 0.6) is 0 Å². The molecule has 0 heterocycles. The highest BCUT2D eigenvalue weighted by atomic mass is 28.1. The molecule has 2 heteroatoms. The van der Waals surface area contributed by atoms with Crippen molar-refractivity contribution >= 4 is 10.2 Å². The van der Waals surface area contributed by atoms with Crippen LogP contribution >= 0.6 is 0 Å². The summed E-state index contributed by atoms with van der Waals surface area (Å²) in [4.78, 5) is 0. The SMILES string of the molecule is FCCCCCCCC[SiH3]. The van der Waals surface area contributed by atoms with Crippen LogP contribution in [0, 0.1) is 0 Å². The van der Waals surface area contributed by atoms with E-state index < -0.39 is 0 Å². The van der Waals surface area contributed by atoms with Gasteiger partial charge in [-0.3, -0.25) is 4.39 Å². The number of rotatable bonds is 7. The summed E-state index contributed by atoms with van der Waals surface area (Å²) in [7, 11) is 1.35. The first-order chi connectivity index (χ1) is 4.91. The second-order valence-corrected chi connectivity index (χ2v) is 3.81. The summed E-state index contributed by atoms with van der Waals surface area (Å²) in [6.07, 6.45) is 7.21. The fraction of sp³-hybridized carbons (Fsp3) is 1.00. The molecular weight excluding hydrogens is 143 g/mol. The van der Waals surface area contributed by atoms with Crippen molar-refractivity contribution in [2.45, 2.75) is 44.6 Å². The minimum absolute atomic E-state index is 0.124. The highest BCUT2D eigenvalue weighted by Crippen LogP contribution is 2.06. The number of halogens is 1. The molecule has 0 saturated carbocycles. The van der Waals surface area contributed by atoms with Crippen LogP contribution in [-0.2, 0) is 0 Å². The third-order valence-electron chi connectivity index (χ3n) is 1.74. The smallest absolute Gasteiger partial charge is 0.0894 e. The molecule has 0 aliphatic carbocycles. The van der Waals surface area contributed by atoms with Gasteiger partial charge in [-0.25, -0.2) is 0 Å². The summed E-state index contributed by atoms with van der Waals surface area (Å²) in [5.41, 5.74) is 0. The molecular formula is C8H19FSi. The van der Waals surface area contributed by atoms with Crippen LogP contribution in [0.15, 0.2) is 0 Å². The van der Waals surface area contributed by atoms with Gasteiger partial charge in [-0.15, -0.1) is 0 Å². The first kappa shape index (κ1) is 10.1. The van der Waals surface area contributed by atoms with Gasteiger partial charge in [-0.05, 0) is 6.42 Å². The fourth-order valence-corrected chi connectivity index (χ4v) is 1.55. The zero-order valence-corrected chi connectivity index (χ0v) is 9.03. The fourth-order valence-electron chi connectivity index (χ4n) is 1.05. The van der Waals surface area contributed by atoms with Gasteiger partial charge in [0.2, 0.25) is 0 Å². The van der Waals surface area contributed by atoms with Crippen molar-refractivity contribution in [2.75, 3.05) is 6.67 Å². The van der Waals surface area contributed by atoms with Crippen LogP contribution in [0.3, 0.4) is 0 Å². The predicted octanol–water partition coefficient (Wildman–Crippen LogP) is 2.08. The van der Waals surface area contributed by atoms with E-state index in [0.29, 0.717) is 0 Å². The van der Waals surface area contributed by atoms with Gasteiger partial charge in [0.15, 0.2) is 0 Å². The van der Waals surface area contributed by atoms with E-state index in [1.165, 1.54) is 42.0 Å². The third-order valence-corrected chi connectivity index (χ3v) is 2.44. The molecule has 0 aliphatic rings. The zero-order valence-electron chi connectivity index (χ0n) is 7.03. The van der Waals surface area contributed by atoms with E-state index in [1.54, 1.807) is 0 Å². The minimum Gasteiger partial charge on any atom is -0.251 e. The Balaban J connectivity index is 2.65. The average molecular weight is 162 g/mol. The quantitative estimate of drug-likeness (QED) is 0.397. The number of unbranched alkanes of at least 4 members (excludes halogenated alkanes) is 5. The van der Waals surface area contributed by atoms with Crippen LogP contribution < -0.4 is 0 Å². The van der Waals surface area contributed by atoms with Crippen molar-refractivity contribution in [2.24, 2.45) is 0 Å².